The Labute approximate surface area is 222 Å². The lowest BCUT2D eigenvalue weighted by atomic mass is 10.2. The molecule has 1 fully saturated rings. The van der Waals surface area contributed by atoms with Crippen LogP contribution in [0.2, 0.25) is 0 Å². The van der Waals surface area contributed by atoms with Gasteiger partial charge in [-0.3, -0.25) is 9.69 Å². The van der Waals surface area contributed by atoms with E-state index in [0.717, 1.165) is 37.6 Å². The van der Waals surface area contributed by atoms with Gasteiger partial charge in [0.1, 0.15) is 35.0 Å². The highest BCUT2D eigenvalue weighted by atomic mass is 35.5. The van der Waals surface area contributed by atoms with Gasteiger partial charge in [0.25, 0.3) is 5.56 Å². The maximum atomic E-state index is 13.1. The summed E-state index contributed by atoms with van der Waals surface area (Å²) in [6.07, 6.45) is 0. The normalized spacial score (nSPS) is 14.0. The quantitative estimate of drug-likeness (QED) is 0.382. The molecule has 4 aromatic rings. The number of piperazine rings is 1. The molecule has 2 aromatic carbocycles. The van der Waals surface area contributed by atoms with Crippen LogP contribution in [0.3, 0.4) is 0 Å². The summed E-state index contributed by atoms with van der Waals surface area (Å²) >= 11 is 0. The number of benzene rings is 2. The number of ether oxygens (including phenoxy) is 2. The molecule has 194 valence electrons. The van der Waals surface area contributed by atoms with E-state index in [0.29, 0.717) is 46.6 Å². The van der Waals surface area contributed by atoms with E-state index >= 15 is 0 Å². The van der Waals surface area contributed by atoms with Crippen molar-refractivity contribution in [1.29, 1.82) is 0 Å². The third kappa shape index (κ3) is 5.87. The first-order chi connectivity index (χ1) is 17.5. The van der Waals surface area contributed by atoms with E-state index in [9.17, 15) is 4.79 Å². The molecule has 5 rings (SSSR count). The van der Waals surface area contributed by atoms with E-state index in [1.54, 1.807) is 12.1 Å². The third-order valence-corrected chi connectivity index (χ3v) is 6.56. The van der Waals surface area contributed by atoms with Crippen molar-refractivity contribution in [3.05, 3.63) is 76.6 Å². The fraction of sp³-hybridized carbons (Fsp3) is 0.321. The number of methoxy groups -OCH3 is 1. The monoisotopic (exact) mass is 521 g/mol. The fourth-order valence-electron chi connectivity index (χ4n) is 4.52. The molecule has 0 spiro atoms. The SMILES string of the molecule is COc1cc(OCc2ccccc2)cc2nc(-c3cccc(N4CCN(C(C)C)CC4)n3)[nH]c(=O)c12.Cl. The van der Waals surface area contributed by atoms with Crippen LogP contribution in [-0.2, 0) is 6.61 Å². The average Bonchev–Trinajstić information content (AvgIpc) is 2.92. The number of fused-ring (bicyclic) bond motifs is 1. The van der Waals surface area contributed by atoms with Crippen LogP contribution in [0, 0.1) is 0 Å². The van der Waals surface area contributed by atoms with E-state index in [1.807, 2.05) is 48.5 Å². The smallest absolute Gasteiger partial charge is 0.262 e. The Balaban J connectivity index is 0.00000320. The van der Waals surface area contributed by atoms with Crippen LogP contribution in [0.4, 0.5) is 5.82 Å². The van der Waals surface area contributed by atoms with Crippen LogP contribution in [0.15, 0.2) is 65.5 Å². The number of hydrogen-bond acceptors (Lipinski definition) is 7. The number of aromatic nitrogens is 3. The van der Waals surface area contributed by atoms with Crippen molar-refractivity contribution in [2.24, 2.45) is 0 Å². The van der Waals surface area contributed by atoms with Crippen molar-refractivity contribution >= 4 is 29.1 Å². The van der Waals surface area contributed by atoms with E-state index in [-0.39, 0.29) is 18.0 Å². The molecule has 9 heteroatoms. The number of nitrogens with zero attached hydrogens (tertiary/aromatic N) is 4. The maximum absolute atomic E-state index is 13.1. The molecule has 0 saturated carbocycles. The van der Waals surface area contributed by atoms with Crippen LogP contribution in [0.5, 0.6) is 11.5 Å². The van der Waals surface area contributed by atoms with Crippen molar-refractivity contribution < 1.29 is 9.47 Å². The molecule has 1 aliphatic heterocycles. The standard InChI is InChI=1S/C28H31N5O3.ClH/c1-19(2)32-12-14-33(15-13-32)25-11-7-10-22(29-25)27-30-23-16-21(36-18-20-8-5-4-6-9-20)17-24(35-3)26(23)28(34)31-27;/h4-11,16-17,19H,12-15,18H2,1-3H3,(H,30,31,34);1H. The highest BCUT2D eigenvalue weighted by Gasteiger charge is 2.20. The maximum Gasteiger partial charge on any atom is 0.262 e. The molecule has 0 bridgehead atoms. The molecule has 0 unspecified atom stereocenters. The highest BCUT2D eigenvalue weighted by Crippen LogP contribution is 2.29. The van der Waals surface area contributed by atoms with Crippen LogP contribution >= 0.6 is 12.4 Å². The first-order valence-electron chi connectivity index (χ1n) is 12.3. The Morgan fingerprint density at radius 1 is 0.973 bits per heavy atom. The Hall–Kier alpha value is -3.62. The zero-order valence-electron chi connectivity index (χ0n) is 21.3. The van der Waals surface area contributed by atoms with Crippen molar-refractivity contribution in [1.82, 2.24) is 19.9 Å². The molecule has 0 radical (unpaired) electrons. The van der Waals surface area contributed by atoms with Gasteiger partial charge in [-0.1, -0.05) is 36.4 Å². The van der Waals surface area contributed by atoms with Crippen molar-refractivity contribution in [2.75, 3.05) is 38.2 Å². The minimum absolute atomic E-state index is 0. The van der Waals surface area contributed by atoms with Crippen LogP contribution < -0.4 is 19.9 Å². The van der Waals surface area contributed by atoms with Gasteiger partial charge in [0.15, 0.2) is 5.82 Å². The second kappa shape index (κ2) is 11.6. The molecule has 0 atom stereocenters. The summed E-state index contributed by atoms with van der Waals surface area (Å²) < 4.78 is 11.5. The lowest BCUT2D eigenvalue weighted by Gasteiger charge is -2.37. The van der Waals surface area contributed by atoms with Gasteiger partial charge in [0.2, 0.25) is 0 Å². The molecule has 8 nitrogen and oxygen atoms in total. The summed E-state index contributed by atoms with van der Waals surface area (Å²) in [7, 11) is 1.53. The molecule has 1 saturated heterocycles. The van der Waals surface area contributed by atoms with E-state index in [2.05, 4.69) is 28.6 Å². The molecule has 37 heavy (non-hydrogen) atoms. The molecule has 0 amide bonds. The van der Waals surface area contributed by atoms with Crippen LogP contribution in [-0.4, -0.2) is 59.2 Å². The fourth-order valence-corrected chi connectivity index (χ4v) is 4.52. The Morgan fingerprint density at radius 3 is 2.43 bits per heavy atom. The zero-order chi connectivity index (χ0) is 25.1. The Kier molecular flexibility index (Phi) is 8.31. The molecular formula is C28H32ClN5O3. The minimum Gasteiger partial charge on any atom is -0.496 e. The lowest BCUT2D eigenvalue weighted by molar-refractivity contribution is 0.209. The molecule has 2 aromatic heterocycles. The first kappa shape index (κ1) is 26.4. The van der Waals surface area contributed by atoms with Gasteiger partial charge in [0, 0.05) is 44.4 Å². The van der Waals surface area contributed by atoms with Gasteiger partial charge in [-0.25, -0.2) is 9.97 Å². The predicted octanol–water partition coefficient (Wildman–Crippen LogP) is 4.52. The summed E-state index contributed by atoms with van der Waals surface area (Å²) in [5.41, 5.74) is 1.88. The Morgan fingerprint density at radius 2 is 1.73 bits per heavy atom. The van der Waals surface area contributed by atoms with Gasteiger partial charge >= 0.3 is 0 Å². The number of nitrogens with one attached hydrogen (secondary N) is 1. The van der Waals surface area contributed by atoms with Crippen molar-refractivity contribution in [3.63, 3.8) is 0 Å². The topological polar surface area (TPSA) is 83.6 Å². The number of pyridine rings is 1. The third-order valence-electron chi connectivity index (χ3n) is 6.56. The molecule has 3 heterocycles. The van der Waals surface area contributed by atoms with E-state index in [4.69, 9.17) is 19.4 Å². The average molecular weight is 522 g/mol. The molecule has 1 N–H and O–H groups in total. The summed E-state index contributed by atoms with van der Waals surface area (Å²) in [5.74, 6) is 2.30. The first-order valence-corrected chi connectivity index (χ1v) is 12.3. The van der Waals surface area contributed by atoms with Crippen molar-refractivity contribution in [2.45, 2.75) is 26.5 Å². The second-order valence-corrected chi connectivity index (χ2v) is 9.21. The lowest BCUT2D eigenvalue weighted by Crippen LogP contribution is -2.49. The van der Waals surface area contributed by atoms with E-state index in [1.165, 1.54) is 7.11 Å². The second-order valence-electron chi connectivity index (χ2n) is 9.21. The largest absolute Gasteiger partial charge is 0.496 e. The molecule has 0 aliphatic carbocycles. The zero-order valence-corrected chi connectivity index (χ0v) is 22.1. The molecule has 1 aliphatic rings. The van der Waals surface area contributed by atoms with Crippen LogP contribution in [0.1, 0.15) is 19.4 Å². The number of hydrogen-bond donors (Lipinski definition) is 1. The number of anilines is 1. The summed E-state index contributed by atoms with van der Waals surface area (Å²) in [4.78, 5) is 30.3. The predicted molar refractivity (Wildman–Crippen MR) is 149 cm³/mol. The van der Waals surface area contributed by atoms with Gasteiger partial charge < -0.3 is 19.4 Å². The molecular weight excluding hydrogens is 490 g/mol. The van der Waals surface area contributed by atoms with Gasteiger partial charge in [-0.05, 0) is 31.5 Å². The summed E-state index contributed by atoms with van der Waals surface area (Å²) in [6, 6.07) is 19.8. The number of rotatable bonds is 7. The summed E-state index contributed by atoms with van der Waals surface area (Å²) in [6.45, 7) is 8.68. The van der Waals surface area contributed by atoms with Gasteiger partial charge in [-0.2, -0.15) is 0 Å². The number of H-pyrrole nitrogens is 1. The van der Waals surface area contributed by atoms with Gasteiger partial charge in [0.05, 0.1) is 12.6 Å². The Bertz CT molecular complexity index is 1400. The number of aromatic amines is 1. The van der Waals surface area contributed by atoms with Gasteiger partial charge in [-0.15, -0.1) is 12.4 Å². The highest BCUT2D eigenvalue weighted by molar-refractivity contribution is 5.87. The van der Waals surface area contributed by atoms with Crippen LogP contribution in [0.25, 0.3) is 22.4 Å². The number of halogens is 1. The minimum atomic E-state index is -0.279. The van der Waals surface area contributed by atoms with E-state index < -0.39 is 0 Å². The van der Waals surface area contributed by atoms with Crippen molar-refractivity contribution in [3.8, 4) is 23.0 Å². The summed E-state index contributed by atoms with van der Waals surface area (Å²) in [5, 5.41) is 0.384.